The molecule has 0 aromatic carbocycles. The fraction of sp³-hybridized carbons (Fsp3) is 0.538. The average molecular weight is 251 g/mol. The fourth-order valence-electron chi connectivity index (χ4n) is 2.16. The topological polar surface area (TPSA) is 79.5 Å². The van der Waals surface area contributed by atoms with Gasteiger partial charge in [0.1, 0.15) is 16.9 Å². The number of furan rings is 1. The number of carboxylic acid groups (broad SMARTS) is 1. The summed E-state index contributed by atoms with van der Waals surface area (Å²) in [7, 11) is 0. The number of aryl methyl sites for hydroxylation is 1. The molecule has 1 aliphatic rings. The van der Waals surface area contributed by atoms with E-state index in [1.165, 1.54) is 0 Å². The third-order valence-electron chi connectivity index (χ3n) is 3.59. The van der Waals surface area contributed by atoms with Crippen molar-refractivity contribution in [3.8, 4) is 0 Å². The minimum Gasteiger partial charge on any atom is -0.480 e. The molecule has 0 saturated heterocycles. The zero-order valence-electron chi connectivity index (χ0n) is 10.5. The van der Waals surface area contributed by atoms with Crippen LogP contribution >= 0.6 is 0 Å². The van der Waals surface area contributed by atoms with E-state index in [0.29, 0.717) is 18.6 Å². The second-order valence-electron chi connectivity index (χ2n) is 4.88. The summed E-state index contributed by atoms with van der Waals surface area (Å²) in [6, 6.07) is 3.28. The lowest BCUT2D eigenvalue weighted by molar-refractivity contribution is -0.162. The highest BCUT2D eigenvalue weighted by Crippen LogP contribution is 2.41. The Balaban J connectivity index is 2.05. The van der Waals surface area contributed by atoms with E-state index in [4.69, 9.17) is 9.52 Å². The largest absolute Gasteiger partial charge is 0.480 e. The Bertz CT molecular complexity index is 473. The molecule has 2 N–H and O–H groups in total. The number of hydrogen-bond acceptors (Lipinski definition) is 3. The molecule has 0 bridgehead atoms. The SMILES string of the molecule is Cc1ccc(C(C)NC(=O)C2(C(=O)O)CCC2)o1. The minimum absolute atomic E-state index is 0.317. The Kier molecular flexibility index (Phi) is 3.15. The predicted molar refractivity (Wildman–Crippen MR) is 63.9 cm³/mol. The van der Waals surface area contributed by atoms with Gasteiger partial charge in [0.25, 0.3) is 0 Å². The maximum atomic E-state index is 12.0. The lowest BCUT2D eigenvalue weighted by Crippen LogP contribution is -2.51. The molecule has 1 saturated carbocycles. The van der Waals surface area contributed by atoms with Gasteiger partial charge in [-0.3, -0.25) is 9.59 Å². The quantitative estimate of drug-likeness (QED) is 0.802. The standard InChI is InChI=1S/C13H17NO4/c1-8-4-5-10(18-8)9(2)14-11(15)13(12(16)17)6-3-7-13/h4-5,9H,3,6-7H2,1-2H3,(H,14,15)(H,16,17). The van der Waals surface area contributed by atoms with Gasteiger partial charge in [-0.2, -0.15) is 0 Å². The fourth-order valence-corrected chi connectivity index (χ4v) is 2.16. The predicted octanol–water partition coefficient (Wildman–Crippen LogP) is 2.02. The Morgan fingerprint density at radius 2 is 2.11 bits per heavy atom. The van der Waals surface area contributed by atoms with Crippen LogP contribution in [0.15, 0.2) is 16.5 Å². The third-order valence-corrected chi connectivity index (χ3v) is 3.59. The van der Waals surface area contributed by atoms with Crippen molar-refractivity contribution in [1.82, 2.24) is 5.32 Å². The number of nitrogens with one attached hydrogen (secondary N) is 1. The molecule has 1 unspecified atom stereocenters. The van der Waals surface area contributed by atoms with Gasteiger partial charge in [-0.1, -0.05) is 6.42 Å². The van der Waals surface area contributed by atoms with Crippen LogP contribution in [0.5, 0.6) is 0 Å². The molecule has 98 valence electrons. The number of carbonyl (C=O) groups is 2. The molecule has 18 heavy (non-hydrogen) atoms. The molecule has 1 atom stereocenters. The van der Waals surface area contributed by atoms with Crippen LogP contribution < -0.4 is 5.32 Å². The van der Waals surface area contributed by atoms with Crippen LogP contribution in [-0.4, -0.2) is 17.0 Å². The van der Waals surface area contributed by atoms with Crippen LogP contribution in [0.2, 0.25) is 0 Å². The second-order valence-corrected chi connectivity index (χ2v) is 4.88. The summed E-state index contributed by atoms with van der Waals surface area (Å²) in [4.78, 5) is 23.2. The highest BCUT2D eigenvalue weighted by atomic mass is 16.4. The van der Waals surface area contributed by atoms with Crippen molar-refractivity contribution in [1.29, 1.82) is 0 Å². The third kappa shape index (κ3) is 2.00. The first kappa shape index (κ1) is 12.7. The molecule has 1 amide bonds. The zero-order valence-corrected chi connectivity index (χ0v) is 10.5. The van der Waals surface area contributed by atoms with Gasteiger partial charge in [0.2, 0.25) is 5.91 Å². The van der Waals surface area contributed by atoms with Crippen molar-refractivity contribution < 1.29 is 19.1 Å². The number of rotatable bonds is 4. The molecule has 1 fully saturated rings. The van der Waals surface area contributed by atoms with Crippen molar-refractivity contribution in [3.63, 3.8) is 0 Å². The summed E-state index contributed by atoms with van der Waals surface area (Å²) in [5, 5.41) is 11.9. The van der Waals surface area contributed by atoms with Crippen LogP contribution in [0.4, 0.5) is 0 Å². The molecule has 0 radical (unpaired) electrons. The van der Waals surface area contributed by atoms with Gasteiger partial charge in [-0.05, 0) is 38.8 Å². The molecule has 1 aromatic heterocycles. The molecule has 0 aliphatic heterocycles. The first-order chi connectivity index (χ1) is 8.45. The van der Waals surface area contributed by atoms with Gasteiger partial charge in [-0.15, -0.1) is 0 Å². The summed E-state index contributed by atoms with van der Waals surface area (Å²) in [5.74, 6) is -0.0414. The summed E-state index contributed by atoms with van der Waals surface area (Å²) < 4.78 is 5.41. The number of amides is 1. The van der Waals surface area contributed by atoms with Gasteiger partial charge in [0, 0.05) is 0 Å². The van der Waals surface area contributed by atoms with E-state index in [2.05, 4.69) is 5.32 Å². The molecule has 2 rings (SSSR count). The van der Waals surface area contributed by atoms with Crippen molar-refractivity contribution in [2.45, 2.75) is 39.2 Å². The highest BCUT2D eigenvalue weighted by Gasteiger charge is 2.51. The minimum atomic E-state index is -1.23. The Morgan fingerprint density at radius 1 is 1.44 bits per heavy atom. The summed E-state index contributed by atoms with van der Waals surface area (Å²) in [6.07, 6.45) is 1.62. The number of aliphatic carboxylic acids is 1. The van der Waals surface area contributed by atoms with Gasteiger partial charge in [0.05, 0.1) is 6.04 Å². The molecular weight excluding hydrogens is 234 g/mol. The summed E-state index contributed by atoms with van der Waals surface area (Å²) >= 11 is 0. The molecule has 0 spiro atoms. The van der Waals surface area contributed by atoms with Gasteiger partial charge < -0.3 is 14.8 Å². The molecule has 1 heterocycles. The van der Waals surface area contributed by atoms with E-state index in [1.54, 1.807) is 13.0 Å². The van der Waals surface area contributed by atoms with E-state index in [1.807, 2.05) is 13.0 Å². The van der Waals surface area contributed by atoms with Crippen LogP contribution in [0.1, 0.15) is 43.7 Å². The maximum Gasteiger partial charge on any atom is 0.319 e. The van der Waals surface area contributed by atoms with Crippen molar-refractivity contribution >= 4 is 11.9 Å². The highest BCUT2D eigenvalue weighted by molar-refractivity contribution is 6.02. The normalized spacial score (nSPS) is 18.8. The second kappa shape index (κ2) is 4.48. The zero-order chi connectivity index (χ0) is 13.3. The van der Waals surface area contributed by atoms with E-state index in [-0.39, 0.29) is 6.04 Å². The van der Waals surface area contributed by atoms with E-state index < -0.39 is 17.3 Å². The van der Waals surface area contributed by atoms with Gasteiger partial charge >= 0.3 is 5.97 Å². The monoisotopic (exact) mass is 251 g/mol. The van der Waals surface area contributed by atoms with E-state index in [0.717, 1.165) is 12.2 Å². The van der Waals surface area contributed by atoms with Gasteiger partial charge in [-0.25, -0.2) is 0 Å². The average Bonchev–Trinajstić information content (AvgIpc) is 2.62. The number of carbonyl (C=O) groups excluding carboxylic acids is 1. The van der Waals surface area contributed by atoms with Gasteiger partial charge in [0.15, 0.2) is 0 Å². The Morgan fingerprint density at radius 3 is 2.50 bits per heavy atom. The van der Waals surface area contributed by atoms with Crippen molar-refractivity contribution in [2.75, 3.05) is 0 Å². The molecule has 1 aromatic rings. The van der Waals surface area contributed by atoms with E-state index >= 15 is 0 Å². The first-order valence-corrected chi connectivity index (χ1v) is 6.06. The molecule has 5 heteroatoms. The molecule has 1 aliphatic carbocycles. The Hall–Kier alpha value is -1.78. The van der Waals surface area contributed by atoms with Crippen LogP contribution in [0, 0.1) is 12.3 Å². The smallest absolute Gasteiger partial charge is 0.319 e. The maximum absolute atomic E-state index is 12.0. The van der Waals surface area contributed by atoms with Crippen LogP contribution in [0.25, 0.3) is 0 Å². The van der Waals surface area contributed by atoms with Crippen LogP contribution in [0.3, 0.4) is 0 Å². The number of carboxylic acids is 1. The summed E-state index contributed by atoms with van der Waals surface area (Å²) in [5.41, 5.74) is -1.23. The Labute approximate surface area is 105 Å². The lowest BCUT2D eigenvalue weighted by atomic mass is 9.68. The van der Waals surface area contributed by atoms with E-state index in [9.17, 15) is 9.59 Å². The van der Waals surface area contributed by atoms with Crippen molar-refractivity contribution in [3.05, 3.63) is 23.7 Å². The lowest BCUT2D eigenvalue weighted by Gasteiger charge is -2.36. The molecule has 5 nitrogen and oxygen atoms in total. The summed E-state index contributed by atoms with van der Waals surface area (Å²) in [6.45, 7) is 3.60. The van der Waals surface area contributed by atoms with Crippen molar-refractivity contribution in [2.24, 2.45) is 5.41 Å². The number of hydrogen-bond donors (Lipinski definition) is 2. The van der Waals surface area contributed by atoms with Crippen LogP contribution in [-0.2, 0) is 9.59 Å². The molecular formula is C13H17NO4. The first-order valence-electron chi connectivity index (χ1n) is 6.06.